The molecule has 0 aliphatic heterocycles. The average molecular weight is 383 g/mol. The minimum atomic E-state index is -0.167. The van der Waals surface area contributed by atoms with Gasteiger partial charge in [0.2, 0.25) is 0 Å². The van der Waals surface area contributed by atoms with Crippen molar-refractivity contribution < 1.29 is 4.79 Å². The molecule has 20 heavy (non-hydrogen) atoms. The summed E-state index contributed by atoms with van der Waals surface area (Å²) in [7, 11) is 0. The molecule has 1 heterocycles. The van der Waals surface area contributed by atoms with Crippen molar-refractivity contribution >= 4 is 28.5 Å². The third kappa shape index (κ3) is 3.89. The highest BCUT2D eigenvalue weighted by Gasteiger charge is 2.05. The lowest BCUT2D eigenvalue weighted by molar-refractivity contribution is 0.0951. The second-order valence-corrected chi connectivity index (χ2v) is 5.54. The number of amides is 1. The summed E-state index contributed by atoms with van der Waals surface area (Å²) in [6.07, 6.45) is 0. The number of benzene rings is 1. The quantitative estimate of drug-likeness (QED) is 0.816. The number of carbonyl (C=O) groups is 1. The van der Waals surface area contributed by atoms with E-state index in [1.807, 2.05) is 19.1 Å². The molecular formula is C14H14IN3O2. The highest BCUT2D eigenvalue weighted by atomic mass is 127. The molecule has 2 rings (SSSR count). The molecule has 1 aromatic carbocycles. The zero-order chi connectivity index (χ0) is 14.5. The molecule has 104 valence electrons. The van der Waals surface area contributed by atoms with Gasteiger partial charge in [0.15, 0.2) is 0 Å². The molecule has 0 saturated heterocycles. The number of nitrogens with zero attached hydrogens (tertiary/aromatic N) is 2. The fraction of sp³-hybridized carbons (Fsp3) is 0.214. The van der Waals surface area contributed by atoms with Crippen molar-refractivity contribution in [3.05, 3.63) is 61.6 Å². The number of hydrogen-bond acceptors (Lipinski definition) is 3. The predicted octanol–water partition coefficient (Wildman–Crippen LogP) is 1.59. The van der Waals surface area contributed by atoms with Crippen LogP contribution >= 0.6 is 22.6 Å². The number of hydrogen-bond donors (Lipinski definition) is 1. The highest BCUT2D eigenvalue weighted by molar-refractivity contribution is 14.1. The molecule has 0 radical (unpaired) electrons. The molecule has 0 spiro atoms. The van der Waals surface area contributed by atoms with E-state index in [4.69, 9.17) is 0 Å². The van der Waals surface area contributed by atoms with Gasteiger partial charge in [-0.3, -0.25) is 9.59 Å². The van der Waals surface area contributed by atoms with Crippen LogP contribution in [0.2, 0.25) is 0 Å². The van der Waals surface area contributed by atoms with Gasteiger partial charge < -0.3 is 5.32 Å². The fourth-order valence-corrected chi connectivity index (χ4v) is 2.05. The Kier molecular flexibility index (Phi) is 4.89. The van der Waals surface area contributed by atoms with Crippen LogP contribution in [0, 0.1) is 10.5 Å². The topological polar surface area (TPSA) is 64.0 Å². The molecule has 1 aromatic heterocycles. The number of nitrogens with one attached hydrogen (secondary N) is 1. The first-order chi connectivity index (χ1) is 9.56. The summed E-state index contributed by atoms with van der Waals surface area (Å²) < 4.78 is 2.43. The van der Waals surface area contributed by atoms with E-state index in [2.05, 4.69) is 33.0 Å². The van der Waals surface area contributed by atoms with Gasteiger partial charge in [-0.05, 0) is 59.8 Å². The maximum atomic E-state index is 11.9. The Morgan fingerprint density at radius 2 is 1.95 bits per heavy atom. The summed E-state index contributed by atoms with van der Waals surface area (Å²) >= 11 is 2.18. The van der Waals surface area contributed by atoms with Crippen LogP contribution in [0.4, 0.5) is 0 Å². The molecule has 1 N–H and O–H groups in total. The predicted molar refractivity (Wildman–Crippen MR) is 84.7 cm³/mol. The van der Waals surface area contributed by atoms with Crippen molar-refractivity contribution in [1.82, 2.24) is 15.1 Å². The first-order valence-corrected chi connectivity index (χ1v) is 7.23. The van der Waals surface area contributed by atoms with Crippen LogP contribution in [-0.4, -0.2) is 22.2 Å². The Morgan fingerprint density at radius 3 is 2.65 bits per heavy atom. The van der Waals surface area contributed by atoms with E-state index >= 15 is 0 Å². The lowest BCUT2D eigenvalue weighted by Gasteiger charge is -2.07. The molecule has 5 nitrogen and oxygen atoms in total. The SMILES string of the molecule is Cc1ccc(=O)n(CCNC(=O)c2ccc(I)cc2)n1. The molecule has 0 saturated carbocycles. The van der Waals surface area contributed by atoms with Crippen molar-refractivity contribution in [2.45, 2.75) is 13.5 Å². The average Bonchev–Trinajstić information content (AvgIpc) is 2.43. The summed E-state index contributed by atoms with van der Waals surface area (Å²) in [4.78, 5) is 23.4. The van der Waals surface area contributed by atoms with Crippen LogP contribution in [0.25, 0.3) is 0 Å². The molecule has 0 atom stereocenters. The molecule has 0 aliphatic rings. The standard InChI is InChI=1S/C14H14IN3O2/c1-10-2-7-13(19)18(17-10)9-8-16-14(20)11-3-5-12(15)6-4-11/h2-7H,8-9H2,1H3,(H,16,20). The summed E-state index contributed by atoms with van der Waals surface area (Å²) in [6.45, 7) is 2.54. The van der Waals surface area contributed by atoms with Crippen LogP contribution in [-0.2, 0) is 6.54 Å². The maximum Gasteiger partial charge on any atom is 0.266 e. The third-order valence-corrected chi connectivity index (χ3v) is 3.43. The Bertz CT molecular complexity index is 665. The molecule has 1 amide bonds. The number of halogens is 1. The van der Waals surface area contributed by atoms with Gasteiger partial charge in [-0.2, -0.15) is 5.10 Å². The van der Waals surface area contributed by atoms with Crippen molar-refractivity contribution in [2.75, 3.05) is 6.54 Å². The molecule has 0 aliphatic carbocycles. The van der Waals surface area contributed by atoms with Gasteiger partial charge in [0.1, 0.15) is 0 Å². The van der Waals surface area contributed by atoms with E-state index in [9.17, 15) is 9.59 Å². The summed E-state index contributed by atoms with van der Waals surface area (Å²) in [5.41, 5.74) is 1.21. The van der Waals surface area contributed by atoms with E-state index in [1.165, 1.54) is 10.7 Å². The van der Waals surface area contributed by atoms with Crippen LogP contribution in [0.1, 0.15) is 16.1 Å². The summed E-state index contributed by atoms with van der Waals surface area (Å²) in [6, 6.07) is 10.4. The number of aryl methyl sites for hydroxylation is 1. The van der Waals surface area contributed by atoms with E-state index in [0.29, 0.717) is 18.7 Å². The van der Waals surface area contributed by atoms with Gasteiger partial charge in [-0.1, -0.05) is 0 Å². The van der Waals surface area contributed by atoms with Crippen molar-refractivity contribution in [3.8, 4) is 0 Å². The van der Waals surface area contributed by atoms with Gasteiger partial charge in [0.05, 0.1) is 12.2 Å². The number of aromatic nitrogens is 2. The zero-order valence-electron chi connectivity index (χ0n) is 11.0. The Hall–Kier alpha value is -1.70. The molecule has 0 unspecified atom stereocenters. The molecule has 6 heteroatoms. The van der Waals surface area contributed by atoms with Crippen LogP contribution in [0.5, 0.6) is 0 Å². The van der Waals surface area contributed by atoms with E-state index in [1.54, 1.807) is 18.2 Å². The zero-order valence-corrected chi connectivity index (χ0v) is 13.1. The number of rotatable bonds is 4. The van der Waals surface area contributed by atoms with Gasteiger partial charge in [-0.25, -0.2) is 4.68 Å². The second-order valence-electron chi connectivity index (χ2n) is 4.30. The Labute approximate surface area is 130 Å². The first kappa shape index (κ1) is 14.7. The van der Waals surface area contributed by atoms with Crippen molar-refractivity contribution in [3.63, 3.8) is 0 Å². The lowest BCUT2D eigenvalue weighted by Crippen LogP contribution is -2.32. The minimum absolute atomic E-state index is 0.151. The lowest BCUT2D eigenvalue weighted by atomic mass is 10.2. The number of carbonyl (C=O) groups excluding carboxylic acids is 1. The van der Waals surface area contributed by atoms with Crippen LogP contribution in [0.3, 0.4) is 0 Å². The normalized spacial score (nSPS) is 10.3. The van der Waals surface area contributed by atoms with Crippen LogP contribution in [0.15, 0.2) is 41.2 Å². The minimum Gasteiger partial charge on any atom is -0.350 e. The Morgan fingerprint density at radius 1 is 1.25 bits per heavy atom. The summed E-state index contributed by atoms with van der Waals surface area (Å²) in [5.74, 6) is -0.151. The monoisotopic (exact) mass is 383 g/mol. The van der Waals surface area contributed by atoms with Crippen LogP contribution < -0.4 is 10.9 Å². The molecule has 2 aromatic rings. The first-order valence-electron chi connectivity index (χ1n) is 6.15. The maximum absolute atomic E-state index is 11.9. The third-order valence-electron chi connectivity index (χ3n) is 2.72. The molecule has 0 bridgehead atoms. The highest BCUT2D eigenvalue weighted by Crippen LogP contribution is 2.06. The fourth-order valence-electron chi connectivity index (χ4n) is 1.69. The Balaban J connectivity index is 1.92. The van der Waals surface area contributed by atoms with E-state index in [-0.39, 0.29) is 11.5 Å². The van der Waals surface area contributed by atoms with Crippen molar-refractivity contribution in [1.29, 1.82) is 0 Å². The summed E-state index contributed by atoms with van der Waals surface area (Å²) in [5, 5.41) is 6.88. The second kappa shape index (κ2) is 6.65. The van der Waals surface area contributed by atoms with Gasteiger partial charge in [-0.15, -0.1) is 0 Å². The van der Waals surface area contributed by atoms with E-state index < -0.39 is 0 Å². The smallest absolute Gasteiger partial charge is 0.266 e. The largest absolute Gasteiger partial charge is 0.350 e. The van der Waals surface area contributed by atoms with E-state index in [0.717, 1.165) is 9.26 Å². The van der Waals surface area contributed by atoms with Gasteiger partial charge in [0, 0.05) is 21.7 Å². The van der Waals surface area contributed by atoms with Crippen molar-refractivity contribution in [2.24, 2.45) is 0 Å². The molecular weight excluding hydrogens is 369 g/mol. The van der Waals surface area contributed by atoms with Gasteiger partial charge in [0.25, 0.3) is 11.5 Å². The molecule has 0 fully saturated rings. The van der Waals surface area contributed by atoms with Gasteiger partial charge >= 0.3 is 0 Å².